The summed E-state index contributed by atoms with van der Waals surface area (Å²) >= 11 is 0. The predicted octanol–water partition coefficient (Wildman–Crippen LogP) is 1.65. The van der Waals surface area contributed by atoms with Crippen LogP contribution >= 0.6 is 0 Å². The van der Waals surface area contributed by atoms with Gasteiger partial charge in [0, 0.05) is 43.8 Å². The lowest BCUT2D eigenvalue weighted by Crippen LogP contribution is -2.40. The van der Waals surface area contributed by atoms with Crippen molar-refractivity contribution >= 4 is 16.5 Å². The van der Waals surface area contributed by atoms with Crippen molar-refractivity contribution in [1.29, 1.82) is 0 Å². The Labute approximate surface area is 181 Å². The van der Waals surface area contributed by atoms with Crippen LogP contribution in [-0.2, 0) is 24.2 Å². The van der Waals surface area contributed by atoms with Gasteiger partial charge < -0.3 is 14.7 Å². The van der Waals surface area contributed by atoms with E-state index in [4.69, 9.17) is 4.74 Å². The lowest BCUT2D eigenvalue weighted by molar-refractivity contribution is 0.0878. The van der Waals surface area contributed by atoms with Gasteiger partial charge in [0.05, 0.1) is 37.4 Å². The zero-order valence-corrected chi connectivity index (χ0v) is 17.6. The van der Waals surface area contributed by atoms with Crippen molar-refractivity contribution in [1.82, 2.24) is 14.7 Å². The van der Waals surface area contributed by atoms with Gasteiger partial charge in [0.1, 0.15) is 0 Å². The Kier molecular flexibility index (Phi) is 5.72. The van der Waals surface area contributed by atoms with Crippen LogP contribution in [-0.4, -0.2) is 65.3 Å². The highest BCUT2D eigenvalue weighted by atomic mass is 16.5. The van der Waals surface area contributed by atoms with Crippen LogP contribution in [0, 0.1) is 0 Å². The van der Waals surface area contributed by atoms with Crippen molar-refractivity contribution in [3.63, 3.8) is 0 Å². The van der Waals surface area contributed by atoms with Gasteiger partial charge in [0.25, 0.3) is 5.56 Å². The molecular formula is C24H28N4O3. The van der Waals surface area contributed by atoms with E-state index in [1.807, 2.05) is 18.2 Å². The molecule has 0 aliphatic carbocycles. The van der Waals surface area contributed by atoms with Crippen LogP contribution in [0.15, 0.2) is 53.5 Å². The second-order valence-corrected chi connectivity index (χ2v) is 8.41. The monoisotopic (exact) mass is 420 g/mol. The number of morpholine rings is 1. The van der Waals surface area contributed by atoms with Crippen molar-refractivity contribution in [2.75, 3.05) is 44.3 Å². The van der Waals surface area contributed by atoms with E-state index < -0.39 is 6.10 Å². The second-order valence-electron chi connectivity index (χ2n) is 8.41. The number of benzene rings is 2. The Morgan fingerprint density at radius 3 is 2.68 bits per heavy atom. The van der Waals surface area contributed by atoms with Gasteiger partial charge in [0.2, 0.25) is 0 Å². The highest BCUT2D eigenvalue weighted by Crippen LogP contribution is 2.21. The van der Waals surface area contributed by atoms with E-state index in [0.29, 0.717) is 11.9 Å². The van der Waals surface area contributed by atoms with Gasteiger partial charge in [-0.15, -0.1) is 0 Å². The number of anilines is 1. The van der Waals surface area contributed by atoms with Crippen molar-refractivity contribution in [3.05, 3.63) is 70.1 Å². The zero-order valence-electron chi connectivity index (χ0n) is 17.6. The van der Waals surface area contributed by atoms with E-state index in [9.17, 15) is 9.90 Å². The lowest BCUT2D eigenvalue weighted by Gasteiger charge is -2.30. The number of nitrogens with zero attached hydrogens (tertiary/aromatic N) is 4. The van der Waals surface area contributed by atoms with E-state index in [1.165, 1.54) is 15.8 Å². The Bertz CT molecular complexity index is 1120. The molecule has 7 nitrogen and oxygen atoms in total. The third-order valence-corrected chi connectivity index (χ3v) is 6.27. The Hall–Kier alpha value is -2.74. The molecule has 2 aliphatic rings. The summed E-state index contributed by atoms with van der Waals surface area (Å²) in [5, 5.41) is 16.5. The topological polar surface area (TPSA) is 70.8 Å². The maximum Gasteiger partial charge on any atom is 0.274 e. The molecule has 31 heavy (non-hydrogen) atoms. The molecule has 1 saturated heterocycles. The van der Waals surface area contributed by atoms with E-state index >= 15 is 0 Å². The molecule has 0 unspecified atom stereocenters. The largest absolute Gasteiger partial charge is 0.390 e. The summed E-state index contributed by atoms with van der Waals surface area (Å²) in [4.78, 5) is 17.5. The molecule has 2 aliphatic heterocycles. The van der Waals surface area contributed by atoms with Crippen LogP contribution in [0.3, 0.4) is 0 Å². The Morgan fingerprint density at radius 2 is 1.84 bits per heavy atom. The smallest absolute Gasteiger partial charge is 0.274 e. The number of β-amino-alcohol motifs (C(OH)–C–C–N with tert-alkyl or cyclic N) is 1. The number of aliphatic hydroxyl groups is 1. The van der Waals surface area contributed by atoms with Crippen molar-refractivity contribution in [2.24, 2.45) is 0 Å². The molecule has 3 aromatic rings. The first-order valence-electron chi connectivity index (χ1n) is 11.0. The molecule has 0 spiro atoms. The first-order valence-corrected chi connectivity index (χ1v) is 11.0. The zero-order chi connectivity index (χ0) is 21.2. The minimum absolute atomic E-state index is 0.158. The van der Waals surface area contributed by atoms with Crippen LogP contribution in [0.5, 0.6) is 0 Å². The number of hydrogen-bond acceptors (Lipinski definition) is 6. The van der Waals surface area contributed by atoms with Gasteiger partial charge in [-0.05, 0) is 35.7 Å². The standard InChI is InChI=1S/C24H28N4O3/c29-22(16-26-8-7-18-3-1-2-4-19(18)15-26)17-28-24(30)23-6-5-21(13-20(23)14-25-28)27-9-11-31-12-10-27/h1-6,13-14,22,29H,7-12,15-17H2/t22-/m1/s1. The van der Waals surface area contributed by atoms with E-state index in [2.05, 4.69) is 39.2 Å². The molecule has 2 aromatic carbocycles. The third kappa shape index (κ3) is 4.35. The highest BCUT2D eigenvalue weighted by Gasteiger charge is 2.19. The first-order chi connectivity index (χ1) is 15.2. The van der Waals surface area contributed by atoms with Crippen LogP contribution < -0.4 is 10.5 Å². The van der Waals surface area contributed by atoms with Gasteiger partial charge in [-0.1, -0.05) is 24.3 Å². The van der Waals surface area contributed by atoms with E-state index in [0.717, 1.165) is 56.9 Å². The number of hydrogen-bond donors (Lipinski definition) is 1. The molecule has 1 atom stereocenters. The highest BCUT2D eigenvalue weighted by molar-refractivity contribution is 5.84. The van der Waals surface area contributed by atoms with Gasteiger partial charge in [-0.3, -0.25) is 9.69 Å². The van der Waals surface area contributed by atoms with Gasteiger partial charge in [-0.2, -0.15) is 5.10 Å². The normalized spacial score (nSPS) is 18.2. The number of fused-ring (bicyclic) bond motifs is 2. The molecule has 1 aromatic heterocycles. The molecule has 5 rings (SSSR count). The lowest BCUT2D eigenvalue weighted by atomic mass is 10.00. The minimum Gasteiger partial charge on any atom is -0.390 e. The molecule has 0 saturated carbocycles. The van der Waals surface area contributed by atoms with Crippen molar-refractivity contribution in [2.45, 2.75) is 25.6 Å². The molecule has 1 N–H and O–H groups in total. The fourth-order valence-electron chi connectivity index (χ4n) is 4.59. The Balaban J connectivity index is 1.28. The molecule has 3 heterocycles. The van der Waals surface area contributed by atoms with Crippen LogP contribution in [0.1, 0.15) is 11.1 Å². The van der Waals surface area contributed by atoms with Gasteiger partial charge in [-0.25, -0.2) is 4.68 Å². The molecule has 0 radical (unpaired) electrons. The first kappa shape index (κ1) is 20.2. The predicted molar refractivity (Wildman–Crippen MR) is 120 cm³/mol. The third-order valence-electron chi connectivity index (χ3n) is 6.27. The fraction of sp³-hybridized carbons (Fsp3) is 0.417. The minimum atomic E-state index is -0.652. The Morgan fingerprint density at radius 1 is 1.03 bits per heavy atom. The second kappa shape index (κ2) is 8.78. The molecule has 0 bridgehead atoms. The summed E-state index contributed by atoms with van der Waals surface area (Å²) in [6.45, 7) is 5.60. The van der Waals surface area contributed by atoms with Crippen LogP contribution in [0.2, 0.25) is 0 Å². The van der Waals surface area contributed by atoms with Crippen LogP contribution in [0.25, 0.3) is 10.8 Å². The van der Waals surface area contributed by atoms with Crippen molar-refractivity contribution in [3.8, 4) is 0 Å². The summed E-state index contributed by atoms with van der Waals surface area (Å²) < 4.78 is 6.81. The average molecular weight is 421 g/mol. The average Bonchev–Trinajstić information content (AvgIpc) is 2.81. The molecule has 7 heteroatoms. The number of aromatic nitrogens is 2. The summed E-state index contributed by atoms with van der Waals surface area (Å²) in [6, 6.07) is 14.3. The van der Waals surface area contributed by atoms with E-state index in [1.54, 1.807) is 6.20 Å². The van der Waals surface area contributed by atoms with Crippen LogP contribution in [0.4, 0.5) is 5.69 Å². The van der Waals surface area contributed by atoms with Crippen molar-refractivity contribution < 1.29 is 9.84 Å². The number of rotatable bonds is 5. The SMILES string of the molecule is O=c1c2ccc(N3CCOCC3)cc2cnn1C[C@H](O)CN1CCc2ccccc2C1. The maximum absolute atomic E-state index is 12.9. The summed E-state index contributed by atoms with van der Waals surface area (Å²) in [6.07, 6.45) is 2.06. The molecule has 1 fully saturated rings. The summed E-state index contributed by atoms with van der Waals surface area (Å²) in [5.41, 5.74) is 3.63. The molecular weight excluding hydrogens is 392 g/mol. The van der Waals surface area contributed by atoms with Gasteiger partial charge >= 0.3 is 0 Å². The number of ether oxygens (including phenoxy) is 1. The maximum atomic E-state index is 12.9. The van der Waals surface area contributed by atoms with E-state index in [-0.39, 0.29) is 12.1 Å². The molecule has 0 amide bonds. The summed E-state index contributed by atoms with van der Waals surface area (Å²) in [5.74, 6) is 0. The molecule has 162 valence electrons. The van der Waals surface area contributed by atoms with Gasteiger partial charge in [0.15, 0.2) is 0 Å². The quantitative estimate of drug-likeness (QED) is 0.677. The number of aliphatic hydroxyl groups excluding tert-OH is 1. The summed E-state index contributed by atoms with van der Waals surface area (Å²) in [7, 11) is 0. The fourth-order valence-corrected chi connectivity index (χ4v) is 4.59.